The minimum Gasteiger partial charge on any atom is -0.497 e. The Hall–Kier alpha value is -3.39. The number of anilines is 1. The van der Waals surface area contributed by atoms with E-state index < -0.39 is 0 Å². The standard InChI is InChI=1S/C26H31FN4O3/c1-4-13-31(25(32)20-7-11-22(33-3)12-8-20)18-23-24(19-5-9-21(27)10-6-19)28-34-26(23)30-16-14-29(2)15-17-30/h5-12H,4,13-18H2,1-3H3. The van der Waals surface area contributed by atoms with E-state index in [0.29, 0.717) is 36.0 Å². The molecule has 8 heteroatoms. The largest absolute Gasteiger partial charge is 0.497 e. The lowest BCUT2D eigenvalue weighted by atomic mass is 10.1. The van der Waals surface area contributed by atoms with Gasteiger partial charge in [0.25, 0.3) is 5.91 Å². The molecule has 2 heterocycles. The molecule has 0 bridgehead atoms. The molecular formula is C26H31FN4O3. The first kappa shape index (κ1) is 23.8. The van der Waals surface area contributed by atoms with Crippen LogP contribution in [0, 0.1) is 5.82 Å². The van der Waals surface area contributed by atoms with E-state index in [2.05, 4.69) is 22.0 Å². The van der Waals surface area contributed by atoms with Gasteiger partial charge in [-0.15, -0.1) is 0 Å². The number of nitrogens with zero attached hydrogens (tertiary/aromatic N) is 4. The van der Waals surface area contributed by atoms with Gasteiger partial charge in [-0.1, -0.05) is 12.1 Å². The number of carbonyl (C=O) groups excluding carboxylic acids is 1. The summed E-state index contributed by atoms with van der Waals surface area (Å²) in [5.74, 6) is 1.00. The number of halogens is 1. The van der Waals surface area contributed by atoms with Crippen LogP contribution in [0.15, 0.2) is 53.1 Å². The molecule has 34 heavy (non-hydrogen) atoms. The highest BCUT2D eigenvalue weighted by atomic mass is 19.1. The molecule has 3 aromatic rings. The van der Waals surface area contributed by atoms with Crippen LogP contribution < -0.4 is 9.64 Å². The topological polar surface area (TPSA) is 62.1 Å². The number of aromatic nitrogens is 1. The summed E-state index contributed by atoms with van der Waals surface area (Å²) in [5.41, 5.74) is 2.83. The van der Waals surface area contributed by atoms with Crippen molar-refractivity contribution in [1.82, 2.24) is 15.0 Å². The monoisotopic (exact) mass is 466 g/mol. The molecule has 0 saturated carbocycles. The average molecular weight is 467 g/mol. The Labute approximate surface area is 199 Å². The summed E-state index contributed by atoms with van der Waals surface area (Å²) in [7, 11) is 3.70. The predicted molar refractivity (Wildman–Crippen MR) is 130 cm³/mol. The predicted octanol–water partition coefficient (Wildman–Crippen LogP) is 4.29. The van der Waals surface area contributed by atoms with Gasteiger partial charge in [0, 0.05) is 43.9 Å². The van der Waals surface area contributed by atoms with Crippen molar-refractivity contribution < 1.29 is 18.4 Å². The van der Waals surface area contributed by atoms with Crippen molar-refractivity contribution in [2.45, 2.75) is 19.9 Å². The van der Waals surface area contributed by atoms with Gasteiger partial charge in [-0.25, -0.2) is 4.39 Å². The van der Waals surface area contributed by atoms with E-state index in [0.717, 1.165) is 43.7 Å². The molecule has 180 valence electrons. The van der Waals surface area contributed by atoms with E-state index in [-0.39, 0.29) is 11.7 Å². The van der Waals surface area contributed by atoms with Crippen LogP contribution in [0.4, 0.5) is 10.3 Å². The summed E-state index contributed by atoms with van der Waals surface area (Å²) in [5, 5.41) is 4.37. The summed E-state index contributed by atoms with van der Waals surface area (Å²) < 4.78 is 24.7. The van der Waals surface area contributed by atoms with Gasteiger partial charge in [-0.05, 0) is 62.0 Å². The third-order valence-electron chi connectivity index (χ3n) is 6.14. The van der Waals surface area contributed by atoms with Gasteiger partial charge in [-0.3, -0.25) is 4.79 Å². The Balaban J connectivity index is 1.69. The number of amides is 1. The summed E-state index contributed by atoms with van der Waals surface area (Å²) in [6.45, 7) is 6.41. The van der Waals surface area contributed by atoms with E-state index in [4.69, 9.17) is 9.26 Å². The minimum absolute atomic E-state index is 0.0694. The molecule has 0 unspecified atom stereocenters. The number of piperazine rings is 1. The summed E-state index contributed by atoms with van der Waals surface area (Å²) in [4.78, 5) is 19.7. The Kier molecular flexibility index (Phi) is 7.47. The molecule has 1 fully saturated rings. The molecular weight excluding hydrogens is 435 g/mol. The molecule has 0 aliphatic carbocycles. The Morgan fingerprint density at radius 1 is 1.09 bits per heavy atom. The van der Waals surface area contributed by atoms with Crippen LogP contribution >= 0.6 is 0 Å². The van der Waals surface area contributed by atoms with Crippen molar-refractivity contribution in [3.05, 3.63) is 65.5 Å². The molecule has 1 amide bonds. The zero-order chi connectivity index (χ0) is 24.1. The summed E-state index contributed by atoms with van der Waals surface area (Å²) in [6.07, 6.45) is 0.808. The van der Waals surface area contributed by atoms with E-state index in [9.17, 15) is 9.18 Å². The van der Waals surface area contributed by atoms with Crippen molar-refractivity contribution >= 4 is 11.8 Å². The second kappa shape index (κ2) is 10.7. The maximum atomic E-state index is 13.6. The summed E-state index contributed by atoms with van der Waals surface area (Å²) >= 11 is 0. The molecule has 0 atom stereocenters. The zero-order valence-corrected chi connectivity index (χ0v) is 20.0. The highest BCUT2D eigenvalue weighted by molar-refractivity contribution is 5.94. The number of methoxy groups -OCH3 is 1. The molecule has 7 nitrogen and oxygen atoms in total. The van der Waals surface area contributed by atoms with Crippen LogP contribution in [0.3, 0.4) is 0 Å². The molecule has 0 spiro atoms. The van der Waals surface area contributed by atoms with Gasteiger partial charge in [0.2, 0.25) is 5.88 Å². The van der Waals surface area contributed by atoms with Crippen molar-refractivity contribution in [1.29, 1.82) is 0 Å². The number of carbonyl (C=O) groups is 1. The lowest BCUT2D eigenvalue weighted by molar-refractivity contribution is 0.0743. The van der Waals surface area contributed by atoms with Crippen LogP contribution in [0.5, 0.6) is 5.75 Å². The molecule has 1 aromatic heterocycles. The third-order valence-corrected chi connectivity index (χ3v) is 6.14. The maximum Gasteiger partial charge on any atom is 0.254 e. The Morgan fingerprint density at radius 2 is 1.76 bits per heavy atom. The number of hydrogen-bond donors (Lipinski definition) is 0. The van der Waals surface area contributed by atoms with Gasteiger partial charge >= 0.3 is 0 Å². The van der Waals surface area contributed by atoms with Crippen molar-refractivity contribution in [2.24, 2.45) is 0 Å². The number of likely N-dealkylation sites (N-methyl/N-ethyl adjacent to an activating group) is 1. The summed E-state index contributed by atoms with van der Waals surface area (Å²) in [6, 6.07) is 13.3. The van der Waals surface area contributed by atoms with E-state index in [1.807, 2.05) is 11.8 Å². The van der Waals surface area contributed by atoms with Crippen LogP contribution in [0.2, 0.25) is 0 Å². The molecule has 2 aromatic carbocycles. The van der Waals surface area contributed by atoms with Gasteiger partial charge < -0.3 is 24.0 Å². The first-order valence-corrected chi connectivity index (χ1v) is 11.6. The highest BCUT2D eigenvalue weighted by Gasteiger charge is 2.28. The van der Waals surface area contributed by atoms with Crippen molar-refractivity contribution in [3.8, 4) is 17.0 Å². The lowest BCUT2D eigenvalue weighted by Crippen LogP contribution is -2.45. The van der Waals surface area contributed by atoms with Crippen molar-refractivity contribution in [3.63, 3.8) is 0 Å². The number of benzene rings is 2. The van der Waals surface area contributed by atoms with Gasteiger partial charge in [0.1, 0.15) is 17.3 Å². The fourth-order valence-electron chi connectivity index (χ4n) is 4.17. The fraction of sp³-hybridized carbons (Fsp3) is 0.385. The normalized spacial score (nSPS) is 14.3. The average Bonchev–Trinajstić information content (AvgIpc) is 3.27. The third kappa shape index (κ3) is 5.22. The minimum atomic E-state index is -0.310. The van der Waals surface area contributed by atoms with Gasteiger partial charge in [0.15, 0.2) is 0 Å². The van der Waals surface area contributed by atoms with Crippen LogP contribution in [0.25, 0.3) is 11.3 Å². The molecule has 1 saturated heterocycles. The molecule has 0 N–H and O–H groups in total. The first-order valence-electron chi connectivity index (χ1n) is 11.6. The van der Waals surface area contributed by atoms with E-state index >= 15 is 0 Å². The second-order valence-corrected chi connectivity index (χ2v) is 8.57. The van der Waals surface area contributed by atoms with Crippen LogP contribution in [-0.2, 0) is 6.54 Å². The lowest BCUT2D eigenvalue weighted by Gasteiger charge is -2.33. The second-order valence-electron chi connectivity index (χ2n) is 8.57. The SMILES string of the molecule is CCCN(Cc1c(-c2ccc(F)cc2)noc1N1CCN(C)CC1)C(=O)c1ccc(OC)cc1. The van der Waals surface area contributed by atoms with Gasteiger partial charge in [-0.2, -0.15) is 0 Å². The molecule has 1 aliphatic heterocycles. The van der Waals surface area contributed by atoms with Crippen molar-refractivity contribution in [2.75, 3.05) is 51.8 Å². The smallest absolute Gasteiger partial charge is 0.254 e. The maximum absolute atomic E-state index is 13.6. The molecule has 1 aliphatic rings. The highest BCUT2D eigenvalue weighted by Crippen LogP contribution is 2.33. The van der Waals surface area contributed by atoms with Crippen LogP contribution in [0.1, 0.15) is 29.3 Å². The zero-order valence-electron chi connectivity index (χ0n) is 20.0. The first-order chi connectivity index (χ1) is 16.5. The molecule has 0 radical (unpaired) electrons. The number of hydrogen-bond acceptors (Lipinski definition) is 6. The van der Waals surface area contributed by atoms with Gasteiger partial charge in [0.05, 0.1) is 19.2 Å². The number of ether oxygens (including phenoxy) is 1. The molecule has 4 rings (SSSR count). The quantitative estimate of drug-likeness (QED) is 0.494. The van der Waals surface area contributed by atoms with E-state index in [1.54, 1.807) is 43.5 Å². The Morgan fingerprint density at radius 3 is 2.38 bits per heavy atom. The fourth-order valence-corrected chi connectivity index (χ4v) is 4.17. The number of rotatable bonds is 8. The van der Waals surface area contributed by atoms with E-state index in [1.165, 1.54) is 12.1 Å². The Bertz CT molecular complexity index is 1090. The van der Waals surface area contributed by atoms with Crippen LogP contribution in [-0.4, -0.2) is 67.7 Å².